The van der Waals surface area contributed by atoms with Gasteiger partial charge in [0.25, 0.3) is 0 Å². The third-order valence-electron chi connectivity index (χ3n) is 9.54. The molecule has 1 aliphatic rings. The molecule has 4 nitrogen and oxygen atoms in total. The highest BCUT2D eigenvalue weighted by Gasteiger charge is 2.40. The summed E-state index contributed by atoms with van der Waals surface area (Å²) in [6, 6.07) is 24.9. The van der Waals surface area contributed by atoms with Crippen molar-refractivity contribution in [3.05, 3.63) is 106 Å². The number of hydrogen-bond donors (Lipinski definition) is 2. The van der Waals surface area contributed by atoms with E-state index in [1.54, 1.807) is 0 Å². The van der Waals surface area contributed by atoms with Crippen LogP contribution >= 0.6 is 0 Å². The van der Waals surface area contributed by atoms with Crippen LogP contribution in [0.1, 0.15) is 98.1 Å². The molecule has 4 heteroatoms. The lowest BCUT2D eigenvalue weighted by Gasteiger charge is -2.43. The van der Waals surface area contributed by atoms with E-state index < -0.39 is 0 Å². The second kappa shape index (κ2) is 13.8. The fourth-order valence-corrected chi connectivity index (χ4v) is 7.27. The van der Waals surface area contributed by atoms with Crippen molar-refractivity contribution in [3.8, 4) is 23.0 Å². The Balaban J connectivity index is 1.53. The minimum absolute atomic E-state index is 0.0574. The molecule has 0 heterocycles. The molecule has 0 saturated heterocycles. The van der Waals surface area contributed by atoms with Gasteiger partial charge >= 0.3 is 0 Å². The molecule has 44 heavy (non-hydrogen) atoms. The molecule has 1 saturated carbocycles. The summed E-state index contributed by atoms with van der Waals surface area (Å²) in [5.41, 5.74) is 20.7. The Morgan fingerprint density at radius 3 is 1.55 bits per heavy atom. The van der Waals surface area contributed by atoms with Gasteiger partial charge in [-0.2, -0.15) is 0 Å². The molecule has 1 atom stereocenters. The van der Waals surface area contributed by atoms with Crippen molar-refractivity contribution in [2.45, 2.75) is 97.8 Å². The standard InChI is InChI=1S/C40H50N2O2/c1-6-7-8-9-11-31-12-10-21-40(26-31,32-22-27(2)38(28(3)23-32)43-36-17-13-34(41)14-18-36)33-24-29(4)39(30(5)25-33)44-37-19-15-35(42)16-20-37/h13-20,22-25,31H,6-12,21,26,41-42H2,1-5H3. The predicted molar refractivity (Wildman–Crippen MR) is 185 cm³/mol. The van der Waals surface area contributed by atoms with Crippen molar-refractivity contribution in [1.29, 1.82) is 0 Å². The second-order valence-corrected chi connectivity index (χ2v) is 13.1. The van der Waals surface area contributed by atoms with Gasteiger partial charge in [0.1, 0.15) is 23.0 Å². The number of nitrogen functional groups attached to an aromatic ring is 2. The SMILES string of the molecule is CCCCCCC1CCCC(c2cc(C)c(Oc3ccc(N)cc3)c(C)c2)(c2cc(C)c(Oc3ccc(N)cc3)c(C)c2)C1. The van der Waals surface area contributed by atoms with Gasteiger partial charge in [0.05, 0.1) is 0 Å². The first-order valence-electron chi connectivity index (χ1n) is 16.5. The van der Waals surface area contributed by atoms with Crippen LogP contribution in [0.15, 0.2) is 72.8 Å². The monoisotopic (exact) mass is 590 g/mol. The Morgan fingerprint density at radius 1 is 0.659 bits per heavy atom. The van der Waals surface area contributed by atoms with Crippen LogP contribution in [0.3, 0.4) is 0 Å². The Bertz CT molecular complexity index is 1410. The van der Waals surface area contributed by atoms with Crippen LogP contribution in [0.5, 0.6) is 23.0 Å². The predicted octanol–water partition coefficient (Wildman–Crippen LogP) is 11.1. The zero-order chi connectivity index (χ0) is 31.3. The molecule has 0 aliphatic heterocycles. The summed E-state index contributed by atoms with van der Waals surface area (Å²) < 4.78 is 12.8. The minimum Gasteiger partial charge on any atom is -0.457 e. The molecule has 4 aromatic rings. The maximum Gasteiger partial charge on any atom is 0.133 e. The average Bonchev–Trinajstić information content (AvgIpc) is 3.01. The largest absolute Gasteiger partial charge is 0.457 e. The highest BCUT2D eigenvalue weighted by Crippen LogP contribution is 2.50. The Hall–Kier alpha value is -3.92. The van der Waals surface area contributed by atoms with Crippen LogP contribution in [0.25, 0.3) is 0 Å². The lowest BCUT2D eigenvalue weighted by molar-refractivity contribution is 0.240. The van der Waals surface area contributed by atoms with E-state index in [4.69, 9.17) is 20.9 Å². The molecule has 1 unspecified atom stereocenters. The normalized spacial score (nSPS) is 16.1. The highest BCUT2D eigenvalue weighted by atomic mass is 16.5. The molecule has 4 N–H and O–H groups in total. The van der Waals surface area contributed by atoms with Gasteiger partial charge in [0, 0.05) is 16.8 Å². The summed E-state index contributed by atoms with van der Waals surface area (Å²) in [6.45, 7) is 11.0. The van der Waals surface area contributed by atoms with Gasteiger partial charge in [-0.3, -0.25) is 0 Å². The van der Waals surface area contributed by atoms with Crippen molar-refractivity contribution >= 4 is 11.4 Å². The van der Waals surface area contributed by atoms with Gasteiger partial charge in [-0.25, -0.2) is 0 Å². The van der Waals surface area contributed by atoms with Gasteiger partial charge in [0.2, 0.25) is 0 Å². The zero-order valence-corrected chi connectivity index (χ0v) is 27.3. The molecule has 0 aromatic heterocycles. The molecular weight excluding hydrogens is 540 g/mol. The lowest BCUT2D eigenvalue weighted by atomic mass is 9.61. The fraction of sp³-hybridized carbons (Fsp3) is 0.400. The molecule has 0 bridgehead atoms. The molecule has 232 valence electrons. The van der Waals surface area contributed by atoms with Gasteiger partial charge < -0.3 is 20.9 Å². The van der Waals surface area contributed by atoms with Gasteiger partial charge in [-0.15, -0.1) is 0 Å². The topological polar surface area (TPSA) is 70.5 Å². The lowest BCUT2D eigenvalue weighted by Crippen LogP contribution is -2.35. The quantitative estimate of drug-likeness (QED) is 0.135. The van der Waals surface area contributed by atoms with Crippen LogP contribution in [-0.4, -0.2) is 0 Å². The molecule has 0 radical (unpaired) electrons. The van der Waals surface area contributed by atoms with E-state index in [9.17, 15) is 0 Å². The summed E-state index contributed by atoms with van der Waals surface area (Å²) in [6.07, 6.45) is 11.5. The maximum absolute atomic E-state index is 6.41. The molecule has 1 fully saturated rings. The third kappa shape index (κ3) is 7.07. The van der Waals surface area contributed by atoms with Crippen molar-refractivity contribution in [2.24, 2.45) is 5.92 Å². The van der Waals surface area contributed by atoms with Crippen molar-refractivity contribution < 1.29 is 9.47 Å². The average molecular weight is 591 g/mol. The van der Waals surface area contributed by atoms with E-state index in [0.717, 1.165) is 69.0 Å². The van der Waals surface area contributed by atoms with Crippen molar-refractivity contribution in [1.82, 2.24) is 0 Å². The number of anilines is 2. The first kappa shape index (κ1) is 31.5. The molecule has 1 aliphatic carbocycles. The molecule has 4 aromatic carbocycles. The van der Waals surface area contributed by atoms with Crippen LogP contribution in [0.2, 0.25) is 0 Å². The Kier molecular flexibility index (Phi) is 9.88. The van der Waals surface area contributed by atoms with Crippen LogP contribution in [-0.2, 0) is 5.41 Å². The molecule has 5 rings (SSSR count). The molecule has 0 amide bonds. The number of rotatable bonds is 11. The van der Waals surface area contributed by atoms with Crippen molar-refractivity contribution in [3.63, 3.8) is 0 Å². The van der Waals surface area contributed by atoms with Gasteiger partial charge in [-0.05, 0) is 128 Å². The molecular formula is C40H50N2O2. The highest BCUT2D eigenvalue weighted by molar-refractivity contribution is 5.55. The Morgan fingerprint density at radius 2 is 1.11 bits per heavy atom. The summed E-state index contributed by atoms with van der Waals surface area (Å²) >= 11 is 0. The van der Waals surface area contributed by atoms with E-state index in [1.807, 2.05) is 48.5 Å². The van der Waals surface area contributed by atoms with E-state index in [0.29, 0.717) is 0 Å². The first-order chi connectivity index (χ1) is 21.2. The number of unbranched alkanes of at least 4 members (excludes halogenated alkanes) is 3. The third-order valence-corrected chi connectivity index (χ3v) is 9.54. The fourth-order valence-electron chi connectivity index (χ4n) is 7.27. The number of ether oxygens (including phenoxy) is 2. The summed E-state index contributed by atoms with van der Waals surface area (Å²) in [5.74, 6) is 4.19. The number of nitrogens with two attached hydrogens (primary N) is 2. The van der Waals surface area contributed by atoms with Gasteiger partial charge in [-0.1, -0.05) is 76.1 Å². The van der Waals surface area contributed by atoms with Crippen LogP contribution < -0.4 is 20.9 Å². The second-order valence-electron chi connectivity index (χ2n) is 13.1. The minimum atomic E-state index is -0.0574. The first-order valence-corrected chi connectivity index (χ1v) is 16.5. The maximum atomic E-state index is 6.41. The van der Waals surface area contributed by atoms with Gasteiger partial charge in [0.15, 0.2) is 0 Å². The Labute approximate surface area is 264 Å². The summed E-state index contributed by atoms with van der Waals surface area (Å²) in [7, 11) is 0. The molecule has 0 spiro atoms. The van der Waals surface area contributed by atoms with E-state index in [-0.39, 0.29) is 5.41 Å². The number of aryl methyl sites for hydroxylation is 4. The van der Waals surface area contributed by atoms with E-state index >= 15 is 0 Å². The summed E-state index contributed by atoms with van der Waals surface area (Å²) in [4.78, 5) is 0. The smallest absolute Gasteiger partial charge is 0.133 e. The van der Waals surface area contributed by atoms with Crippen molar-refractivity contribution in [2.75, 3.05) is 11.5 Å². The van der Waals surface area contributed by atoms with Crippen LogP contribution in [0, 0.1) is 33.6 Å². The summed E-state index contributed by atoms with van der Waals surface area (Å²) in [5, 5.41) is 0. The van der Waals surface area contributed by atoms with E-state index in [2.05, 4.69) is 58.9 Å². The number of benzene rings is 4. The zero-order valence-electron chi connectivity index (χ0n) is 27.3. The number of hydrogen-bond acceptors (Lipinski definition) is 4. The van der Waals surface area contributed by atoms with E-state index in [1.165, 1.54) is 62.5 Å². The van der Waals surface area contributed by atoms with Crippen LogP contribution in [0.4, 0.5) is 11.4 Å².